The van der Waals surface area contributed by atoms with E-state index in [4.69, 9.17) is 23.2 Å². The Morgan fingerprint density at radius 3 is 2.46 bits per heavy atom. The quantitative estimate of drug-likeness (QED) is 0.668. The molecule has 2 atom stereocenters. The van der Waals surface area contributed by atoms with Gasteiger partial charge < -0.3 is 4.90 Å². The van der Waals surface area contributed by atoms with Gasteiger partial charge in [0.15, 0.2) is 0 Å². The third kappa shape index (κ3) is 3.60. The largest absolute Gasteiger partial charge is 0.335 e. The molecule has 0 bridgehead atoms. The van der Waals surface area contributed by atoms with Crippen molar-refractivity contribution in [3.8, 4) is 0 Å². The summed E-state index contributed by atoms with van der Waals surface area (Å²) in [6, 6.07) is 15.9. The van der Waals surface area contributed by atoms with Crippen LogP contribution in [-0.2, 0) is 4.79 Å². The summed E-state index contributed by atoms with van der Waals surface area (Å²) in [7, 11) is 0. The third-order valence-corrected chi connectivity index (χ3v) is 5.15. The summed E-state index contributed by atoms with van der Waals surface area (Å²) in [4.78, 5) is 14.6. The Balaban J connectivity index is 2.04. The lowest BCUT2D eigenvalue weighted by atomic mass is 9.79. The second-order valence-electron chi connectivity index (χ2n) is 6.28. The van der Waals surface area contributed by atoms with Crippen molar-refractivity contribution in [1.29, 1.82) is 0 Å². The average Bonchev–Trinajstić information content (AvgIpc) is 2.57. The van der Waals surface area contributed by atoms with E-state index in [0.717, 1.165) is 30.0 Å². The Morgan fingerprint density at radius 1 is 1.04 bits per heavy atom. The minimum Gasteiger partial charge on any atom is -0.335 e. The summed E-state index contributed by atoms with van der Waals surface area (Å²) in [6.07, 6.45) is 2.37. The van der Waals surface area contributed by atoms with Crippen molar-refractivity contribution in [3.05, 3.63) is 69.7 Å². The first-order valence-corrected chi connectivity index (χ1v) is 9.16. The van der Waals surface area contributed by atoms with Gasteiger partial charge in [0, 0.05) is 28.9 Å². The molecule has 4 heteroatoms. The number of carbonyl (C=O) groups is 1. The molecule has 0 spiro atoms. The van der Waals surface area contributed by atoms with Crippen LogP contribution >= 0.6 is 23.2 Å². The zero-order valence-electron chi connectivity index (χ0n) is 13.7. The topological polar surface area (TPSA) is 20.3 Å². The fourth-order valence-electron chi connectivity index (χ4n) is 3.62. The predicted octanol–water partition coefficient (Wildman–Crippen LogP) is 5.85. The summed E-state index contributed by atoms with van der Waals surface area (Å²) in [6.45, 7) is 2.87. The Hall–Kier alpha value is -1.51. The van der Waals surface area contributed by atoms with Crippen LogP contribution in [0.25, 0.3) is 0 Å². The molecule has 1 saturated heterocycles. The molecule has 1 heterocycles. The lowest BCUT2D eigenvalue weighted by Gasteiger charge is -2.42. The van der Waals surface area contributed by atoms with E-state index in [1.54, 1.807) is 0 Å². The summed E-state index contributed by atoms with van der Waals surface area (Å²) < 4.78 is 0. The van der Waals surface area contributed by atoms with E-state index in [9.17, 15) is 4.79 Å². The molecule has 0 radical (unpaired) electrons. The molecule has 0 unspecified atom stereocenters. The average molecular weight is 362 g/mol. The Morgan fingerprint density at radius 2 is 1.79 bits per heavy atom. The van der Waals surface area contributed by atoms with Crippen LogP contribution in [0.4, 0.5) is 0 Å². The molecule has 24 heavy (non-hydrogen) atoms. The van der Waals surface area contributed by atoms with Gasteiger partial charge in [-0.2, -0.15) is 0 Å². The van der Waals surface area contributed by atoms with Crippen molar-refractivity contribution in [2.45, 2.75) is 38.1 Å². The van der Waals surface area contributed by atoms with Gasteiger partial charge in [0.05, 0.1) is 6.04 Å². The first kappa shape index (κ1) is 17.3. The molecule has 2 aromatic rings. The maximum absolute atomic E-state index is 12.6. The van der Waals surface area contributed by atoms with Crippen LogP contribution in [0.1, 0.15) is 49.3 Å². The van der Waals surface area contributed by atoms with Crippen LogP contribution < -0.4 is 0 Å². The normalized spacial score (nSPS) is 21.1. The van der Waals surface area contributed by atoms with Crippen LogP contribution in [-0.4, -0.2) is 17.4 Å². The highest BCUT2D eigenvalue weighted by atomic mass is 35.5. The molecule has 0 N–H and O–H groups in total. The number of hydrogen-bond donors (Lipinski definition) is 0. The molecule has 2 nitrogen and oxygen atoms in total. The van der Waals surface area contributed by atoms with E-state index in [1.165, 1.54) is 5.56 Å². The monoisotopic (exact) mass is 361 g/mol. The third-order valence-electron chi connectivity index (χ3n) is 4.66. The molecule has 1 amide bonds. The SMILES string of the molecule is CCCN1C(=O)CC[C@H](c2cccc(Cl)c2)[C@H]1c1ccc(Cl)cc1. The van der Waals surface area contributed by atoms with Gasteiger partial charge >= 0.3 is 0 Å². The van der Waals surface area contributed by atoms with Crippen molar-refractivity contribution < 1.29 is 4.79 Å². The van der Waals surface area contributed by atoms with Gasteiger partial charge in [-0.1, -0.05) is 54.4 Å². The van der Waals surface area contributed by atoms with Gasteiger partial charge in [0.1, 0.15) is 0 Å². The molecular weight excluding hydrogens is 341 g/mol. The van der Waals surface area contributed by atoms with Crippen LogP contribution in [0, 0.1) is 0 Å². The Bertz CT molecular complexity index is 714. The minimum atomic E-state index is 0.0296. The fourth-order valence-corrected chi connectivity index (χ4v) is 3.94. The number of hydrogen-bond acceptors (Lipinski definition) is 1. The number of benzene rings is 2. The predicted molar refractivity (Wildman–Crippen MR) is 99.6 cm³/mol. The molecule has 126 valence electrons. The Kier molecular flexibility index (Phi) is 5.47. The lowest BCUT2D eigenvalue weighted by molar-refractivity contribution is -0.137. The maximum atomic E-state index is 12.6. The van der Waals surface area contributed by atoms with Crippen LogP contribution in [0.2, 0.25) is 10.0 Å². The second-order valence-corrected chi connectivity index (χ2v) is 7.16. The molecule has 3 rings (SSSR count). The van der Waals surface area contributed by atoms with Crippen LogP contribution in [0.3, 0.4) is 0 Å². The van der Waals surface area contributed by atoms with Crippen molar-refractivity contribution >= 4 is 29.1 Å². The maximum Gasteiger partial charge on any atom is 0.223 e. The molecule has 1 aliphatic rings. The highest BCUT2D eigenvalue weighted by Crippen LogP contribution is 2.43. The number of nitrogens with zero attached hydrogens (tertiary/aromatic N) is 1. The fraction of sp³-hybridized carbons (Fsp3) is 0.350. The Labute approximate surface area is 153 Å². The number of likely N-dealkylation sites (tertiary alicyclic amines) is 1. The summed E-state index contributed by atoms with van der Waals surface area (Å²) in [5.74, 6) is 0.476. The number of halogens is 2. The van der Waals surface area contributed by atoms with Gasteiger partial charge in [-0.15, -0.1) is 0 Å². The van der Waals surface area contributed by atoms with E-state index in [2.05, 4.69) is 13.0 Å². The molecule has 1 fully saturated rings. The minimum absolute atomic E-state index is 0.0296. The van der Waals surface area contributed by atoms with Crippen molar-refractivity contribution in [2.24, 2.45) is 0 Å². The summed E-state index contributed by atoms with van der Waals surface area (Å²) in [5, 5.41) is 1.45. The molecule has 0 aliphatic carbocycles. The van der Waals surface area contributed by atoms with Gasteiger partial charge in [-0.05, 0) is 48.2 Å². The standard InChI is InChI=1S/C20H21Cl2NO/c1-2-12-23-19(24)11-10-18(15-4-3-5-17(22)13-15)20(23)14-6-8-16(21)9-7-14/h3-9,13,18,20H,2,10-12H2,1H3/t18-,20-/m1/s1. The van der Waals surface area contributed by atoms with Crippen LogP contribution in [0.5, 0.6) is 0 Å². The zero-order chi connectivity index (χ0) is 17.1. The van der Waals surface area contributed by atoms with E-state index >= 15 is 0 Å². The van der Waals surface area contributed by atoms with E-state index in [-0.39, 0.29) is 17.9 Å². The molecule has 2 aromatic carbocycles. The smallest absolute Gasteiger partial charge is 0.223 e. The van der Waals surface area contributed by atoms with Gasteiger partial charge in [-0.25, -0.2) is 0 Å². The zero-order valence-corrected chi connectivity index (χ0v) is 15.2. The van der Waals surface area contributed by atoms with E-state index < -0.39 is 0 Å². The molecule has 0 aromatic heterocycles. The highest BCUT2D eigenvalue weighted by Gasteiger charge is 2.37. The molecule has 1 aliphatic heterocycles. The summed E-state index contributed by atoms with van der Waals surface area (Å²) in [5.41, 5.74) is 2.32. The van der Waals surface area contributed by atoms with Crippen molar-refractivity contribution in [3.63, 3.8) is 0 Å². The number of rotatable bonds is 4. The van der Waals surface area contributed by atoms with Gasteiger partial charge in [0.25, 0.3) is 0 Å². The van der Waals surface area contributed by atoms with E-state index in [1.807, 2.05) is 47.4 Å². The number of amides is 1. The molecule has 0 saturated carbocycles. The van der Waals surface area contributed by atoms with Crippen molar-refractivity contribution in [2.75, 3.05) is 6.54 Å². The van der Waals surface area contributed by atoms with E-state index in [0.29, 0.717) is 11.4 Å². The molecular formula is C20H21Cl2NO. The van der Waals surface area contributed by atoms with Crippen molar-refractivity contribution in [1.82, 2.24) is 4.90 Å². The number of piperidine rings is 1. The highest BCUT2D eigenvalue weighted by molar-refractivity contribution is 6.30. The summed E-state index contributed by atoms with van der Waals surface area (Å²) >= 11 is 12.3. The van der Waals surface area contributed by atoms with Gasteiger partial charge in [0.2, 0.25) is 5.91 Å². The first-order valence-electron chi connectivity index (χ1n) is 8.40. The van der Waals surface area contributed by atoms with Crippen LogP contribution in [0.15, 0.2) is 48.5 Å². The first-order chi connectivity index (χ1) is 11.6. The van der Waals surface area contributed by atoms with Gasteiger partial charge in [-0.3, -0.25) is 4.79 Å². The second kappa shape index (κ2) is 7.58. The number of carbonyl (C=O) groups excluding carboxylic acids is 1. The lowest BCUT2D eigenvalue weighted by Crippen LogP contribution is -2.42.